The highest BCUT2D eigenvalue weighted by Crippen LogP contribution is 2.34. The Kier molecular flexibility index (Phi) is 3.07. The summed E-state index contributed by atoms with van der Waals surface area (Å²) in [5.41, 5.74) is 6.46. The fourth-order valence-corrected chi connectivity index (χ4v) is 2.33. The van der Waals surface area contributed by atoms with E-state index < -0.39 is 0 Å². The lowest BCUT2D eigenvalue weighted by Crippen LogP contribution is -1.95. The van der Waals surface area contributed by atoms with E-state index in [9.17, 15) is 0 Å². The van der Waals surface area contributed by atoms with Crippen LogP contribution in [0.5, 0.6) is 0 Å². The number of nitrogens with zero attached hydrogens (tertiary/aromatic N) is 3. The van der Waals surface area contributed by atoms with Crippen LogP contribution in [0.1, 0.15) is 5.82 Å². The lowest BCUT2D eigenvalue weighted by Gasteiger charge is -2.05. The van der Waals surface area contributed by atoms with Crippen molar-refractivity contribution >= 4 is 29.1 Å². The van der Waals surface area contributed by atoms with Crippen molar-refractivity contribution in [3.8, 4) is 0 Å². The number of hydrogen-bond donors (Lipinski definition) is 1. The minimum absolute atomic E-state index is 0.559. The highest BCUT2D eigenvalue weighted by atomic mass is 35.5. The zero-order valence-electron chi connectivity index (χ0n) is 8.94. The van der Waals surface area contributed by atoms with Crippen molar-refractivity contribution < 1.29 is 0 Å². The van der Waals surface area contributed by atoms with E-state index in [4.69, 9.17) is 17.3 Å². The maximum Gasteiger partial charge on any atom is 0.195 e. The van der Waals surface area contributed by atoms with Gasteiger partial charge >= 0.3 is 0 Å². The van der Waals surface area contributed by atoms with Gasteiger partial charge in [0.2, 0.25) is 0 Å². The molecule has 0 radical (unpaired) electrons. The van der Waals surface area contributed by atoms with E-state index in [-0.39, 0.29) is 0 Å². The second kappa shape index (κ2) is 4.35. The van der Waals surface area contributed by atoms with E-state index in [1.807, 2.05) is 30.7 Å². The Morgan fingerprint density at radius 2 is 2.12 bits per heavy atom. The number of aryl methyl sites for hydroxylation is 1. The first-order chi connectivity index (χ1) is 7.59. The predicted molar refractivity (Wildman–Crippen MR) is 65.7 cm³/mol. The summed E-state index contributed by atoms with van der Waals surface area (Å²) in [4.78, 5) is 0.892. The first-order valence-corrected chi connectivity index (χ1v) is 5.87. The Morgan fingerprint density at radius 3 is 2.75 bits per heavy atom. The third-order valence-corrected chi connectivity index (χ3v) is 3.71. The SMILES string of the molecule is Cc1nnc(Sc2cccc(Cl)c2N)n1C. The van der Waals surface area contributed by atoms with Crippen LogP contribution < -0.4 is 5.73 Å². The van der Waals surface area contributed by atoms with Crippen LogP contribution in [0, 0.1) is 6.92 Å². The summed E-state index contributed by atoms with van der Waals surface area (Å²) in [5.74, 6) is 0.864. The number of hydrogen-bond acceptors (Lipinski definition) is 4. The molecule has 0 saturated carbocycles. The molecule has 0 saturated heterocycles. The van der Waals surface area contributed by atoms with Crippen molar-refractivity contribution in [2.24, 2.45) is 7.05 Å². The maximum atomic E-state index is 5.94. The molecule has 1 aromatic heterocycles. The lowest BCUT2D eigenvalue weighted by molar-refractivity contribution is 0.766. The summed E-state index contributed by atoms with van der Waals surface area (Å²) in [6.07, 6.45) is 0. The minimum atomic E-state index is 0.559. The van der Waals surface area contributed by atoms with Crippen LogP contribution in [-0.2, 0) is 7.05 Å². The van der Waals surface area contributed by atoms with Gasteiger partial charge in [0.05, 0.1) is 10.7 Å². The quantitative estimate of drug-likeness (QED) is 0.837. The predicted octanol–water partition coefficient (Wildman–Crippen LogP) is 2.51. The molecule has 0 aliphatic rings. The average molecular weight is 255 g/mol. The van der Waals surface area contributed by atoms with Gasteiger partial charge in [-0.3, -0.25) is 0 Å². The van der Waals surface area contributed by atoms with E-state index in [0.29, 0.717) is 10.7 Å². The molecule has 1 aromatic carbocycles. The summed E-state index contributed by atoms with van der Waals surface area (Å²) < 4.78 is 1.91. The van der Waals surface area contributed by atoms with Crippen LogP contribution >= 0.6 is 23.4 Å². The standard InChI is InChI=1S/C10H11ClN4S/c1-6-13-14-10(15(6)2)16-8-5-3-4-7(11)9(8)12/h3-5H,12H2,1-2H3. The fraction of sp³-hybridized carbons (Fsp3) is 0.200. The molecule has 0 atom stereocenters. The van der Waals surface area contributed by atoms with Gasteiger partial charge in [0.15, 0.2) is 5.16 Å². The highest BCUT2D eigenvalue weighted by molar-refractivity contribution is 7.99. The van der Waals surface area contributed by atoms with Crippen LogP contribution in [-0.4, -0.2) is 14.8 Å². The number of halogens is 1. The monoisotopic (exact) mass is 254 g/mol. The molecule has 84 valence electrons. The first-order valence-electron chi connectivity index (χ1n) is 4.67. The van der Waals surface area contributed by atoms with Gasteiger partial charge in [-0.05, 0) is 30.8 Å². The highest BCUT2D eigenvalue weighted by Gasteiger charge is 2.10. The molecule has 0 unspecified atom stereocenters. The van der Waals surface area contributed by atoms with Crippen LogP contribution in [0.25, 0.3) is 0 Å². The fourth-order valence-electron chi connectivity index (χ4n) is 1.18. The van der Waals surface area contributed by atoms with Crippen LogP contribution in [0.4, 0.5) is 5.69 Å². The third kappa shape index (κ3) is 2.01. The second-order valence-corrected chi connectivity index (χ2v) is 4.76. The molecule has 0 amide bonds. The Balaban J connectivity index is 2.34. The molecule has 16 heavy (non-hydrogen) atoms. The summed E-state index contributed by atoms with van der Waals surface area (Å²) in [5, 5.41) is 9.40. The third-order valence-electron chi connectivity index (χ3n) is 2.27. The van der Waals surface area contributed by atoms with E-state index in [1.54, 1.807) is 6.07 Å². The number of nitrogen functional groups attached to an aromatic ring is 1. The number of benzene rings is 1. The molecule has 2 aromatic rings. The zero-order chi connectivity index (χ0) is 11.7. The van der Waals surface area contributed by atoms with Gasteiger partial charge in [-0.25, -0.2) is 0 Å². The van der Waals surface area contributed by atoms with Crippen molar-refractivity contribution in [1.29, 1.82) is 0 Å². The molecule has 0 bridgehead atoms. The number of para-hydroxylation sites is 1. The normalized spacial score (nSPS) is 10.7. The van der Waals surface area contributed by atoms with Gasteiger partial charge in [0.1, 0.15) is 5.82 Å². The van der Waals surface area contributed by atoms with Crippen LogP contribution in [0.2, 0.25) is 5.02 Å². The van der Waals surface area contributed by atoms with Crippen molar-refractivity contribution in [3.63, 3.8) is 0 Å². The molecule has 4 nitrogen and oxygen atoms in total. The van der Waals surface area contributed by atoms with Gasteiger partial charge in [-0.2, -0.15) is 0 Å². The van der Waals surface area contributed by atoms with Gasteiger partial charge < -0.3 is 10.3 Å². The first kappa shape index (κ1) is 11.3. The van der Waals surface area contributed by atoms with Crippen LogP contribution in [0.15, 0.2) is 28.3 Å². The number of nitrogens with two attached hydrogens (primary N) is 1. The van der Waals surface area contributed by atoms with Crippen molar-refractivity contribution in [1.82, 2.24) is 14.8 Å². The number of aromatic nitrogens is 3. The van der Waals surface area contributed by atoms with Gasteiger partial charge in [-0.15, -0.1) is 10.2 Å². The Labute approximate surface area is 103 Å². The van der Waals surface area contributed by atoms with E-state index >= 15 is 0 Å². The Bertz CT molecular complexity index is 524. The molecule has 0 aliphatic heterocycles. The number of rotatable bonds is 2. The Hall–Kier alpha value is -1.20. The smallest absolute Gasteiger partial charge is 0.195 e. The second-order valence-electron chi connectivity index (χ2n) is 3.34. The van der Waals surface area contributed by atoms with Gasteiger partial charge in [-0.1, -0.05) is 17.7 Å². The molecule has 0 spiro atoms. The van der Waals surface area contributed by atoms with E-state index in [0.717, 1.165) is 15.9 Å². The minimum Gasteiger partial charge on any atom is -0.397 e. The van der Waals surface area contributed by atoms with Crippen molar-refractivity contribution in [3.05, 3.63) is 29.0 Å². The average Bonchev–Trinajstić information content (AvgIpc) is 2.57. The molecule has 0 aliphatic carbocycles. The van der Waals surface area contributed by atoms with E-state index in [2.05, 4.69) is 10.2 Å². The largest absolute Gasteiger partial charge is 0.397 e. The van der Waals surface area contributed by atoms with Crippen molar-refractivity contribution in [2.75, 3.05) is 5.73 Å². The Morgan fingerprint density at radius 1 is 1.38 bits per heavy atom. The zero-order valence-corrected chi connectivity index (χ0v) is 10.5. The summed E-state index contributed by atoms with van der Waals surface area (Å²) in [6, 6.07) is 5.54. The number of anilines is 1. The summed E-state index contributed by atoms with van der Waals surface area (Å²) in [6.45, 7) is 1.90. The van der Waals surface area contributed by atoms with Gasteiger partial charge in [0, 0.05) is 11.9 Å². The summed E-state index contributed by atoms with van der Waals surface area (Å²) >= 11 is 7.40. The van der Waals surface area contributed by atoms with Gasteiger partial charge in [0.25, 0.3) is 0 Å². The lowest BCUT2D eigenvalue weighted by atomic mass is 10.3. The molecular weight excluding hydrogens is 244 g/mol. The molecular formula is C10H11ClN4S. The van der Waals surface area contributed by atoms with E-state index in [1.165, 1.54) is 11.8 Å². The van der Waals surface area contributed by atoms with Crippen molar-refractivity contribution in [2.45, 2.75) is 17.0 Å². The molecule has 0 fully saturated rings. The molecule has 6 heteroatoms. The molecule has 2 rings (SSSR count). The summed E-state index contributed by atoms with van der Waals surface area (Å²) in [7, 11) is 1.92. The maximum absolute atomic E-state index is 5.94. The molecule has 1 heterocycles. The molecule has 2 N–H and O–H groups in total. The van der Waals surface area contributed by atoms with Crippen LogP contribution in [0.3, 0.4) is 0 Å². The topological polar surface area (TPSA) is 56.7 Å².